The van der Waals surface area contributed by atoms with E-state index in [4.69, 9.17) is 10.5 Å². The lowest BCUT2D eigenvalue weighted by molar-refractivity contribution is -0.230. The number of nitrogens with zero attached hydrogens (tertiary/aromatic N) is 1. The van der Waals surface area contributed by atoms with Crippen molar-refractivity contribution in [1.29, 1.82) is 0 Å². The Morgan fingerprint density at radius 2 is 1.91 bits per heavy atom. The second-order valence-electron chi connectivity index (χ2n) is 8.86. The molecular formula is C19H34N2O2. The highest BCUT2D eigenvalue weighted by atomic mass is 16.5. The maximum absolute atomic E-state index is 13.3. The van der Waals surface area contributed by atoms with Crippen molar-refractivity contribution in [2.75, 3.05) is 19.7 Å². The Hall–Kier alpha value is -0.610. The van der Waals surface area contributed by atoms with Crippen molar-refractivity contribution in [2.45, 2.75) is 71.4 Å². The van der Waals surface area contributed by atoms with Crippen molar-refractivity contribution in [1.82, 2.24) is 4.90 Å². The second kappa shape index (κ2) is 6.03. The molecule has 4 unspecified atom stereocenters. The monoisotopic (exact) mass is 322 g/mol. The number of carbonyl (C=O) groups excluding carboxylic acids is 1. The predicted octanol–water partition coefficient (Wildman–Crippen LogP) is 2.80. The number of amides is 1. The Bertz CT molecular complexity index is 462. The van der Waals surface area contributed by atoms with Gasteiger partial charge in [0.05, 0.1) is 6.10 Å². The van der Waals surface area contributed by atoms with Crippen LogP contribution in [0.4, 0.5) is 0 Å². The number of likely N-dealkylation sites (tertiary alicyclic amines) is 1. The van der Waals surface area contributed by atoms with Gasteiger partial charge in [-0.05, 0) is 43.9 Å². The summed E-state index contributed by atoms with van der Waals surface area (Å²) in [5.41, 5.74) is 5.78. The molecule has 3 rings (SSSR count). The largest absolute Gasteiger partial charge is 0.377 e. The third-order valence-corrected chi connectivity index (χ3v) is 7.04. The molecule has 2 heterocycles. The normalized spacial score (nSPS) is 40.3. The highest BCUT2D eigenvalue weighted by molar-refractivity contribution is 5.89. The van der Waals surface area contributed by atoms with Gasteiger partial charge in [0, 0.05) is 31.0 Å². The molecule has 4 nitrogen and oxygen atoms in total. The number of carbonyl (C=O) groups is 1. The highest BCUT2D eigenvalue weighted by Gasteiger charge is 2.70. The Morgan fingerprint density at radius 1 is 1.17 bits per heavy atom. The average Bonchev–Trinajstić information content (AvgIpc) is 2.79. The van der Waals surface area contributed by atoms with Gasteiger partial charge < -0.3 is 15.4 Å². The molecule has 1 saturated carbocycles. The summed E-state index contributed by atoms with van der Waals surface area (Å²) in [6, 6.07) is 0. The molecule has 1 aliphatic carbocycles. The first-order valence-corrected chi connectivity index (χ1v) is 9.50. The van der Waals surface area contributed by atoms with E-state index in [-0.39, 0.29) is 23.3 Å². The zero-order valence-electron chi connectivity index (χ0n) is 15.3. The summed E-state index contributed by atoms with van der Waals surface area (Å²) in [6.07, 6.45) is 5.66. The van der Waals surface area contributed by atoms with Crippen LogP contribution in [0.1, 0.15) is 59.8 Å². The molecule has 0 aromatic carbocycles. The van der Waals surface area contributed by atoms with Gasteiger partial charge in [0.2, 0.25) is 5.91 Å². The Kier molecular flexibility index (Phi) is 4.52. The Labute approximate surface area is 141 Å². The smallest absolute Gasteiger partial charge is 0.243 e. The minimum absolute atomic E-state index is 0.153. The molecule has 2 aliphatic heterocycles. The van der Waals surface area contributed by atoms with Crippen LogP contribution in [0.15, 0.2) is 0 Å². The molecule has 3 fully saturated rings. The molecule has 4 heteroatoms. The molecule has 2 saturated heterocycles. The number of hydrogen-bond donors (Lipinski definition) is 1. The zero-order valence-corrected chi connectivity index (χ0v) is 15.3. The molecule has 2 N–H and O–H groups in total. The fourth-order valence-electron chi connectivity index (χ4n) is 5.26. The third-order valence-electron chi connectivity index (χ3n) is 7.04. The molecule has 0 aromatic rings. The van der Waals surface area contributed by atoms with Crippen LogP contribution >= 0.6 is 0 Å². The van der Waals surface area contributed by atoms with Crippen molar-refractivity contribution in [2.24, 2.45) is 28.9 Å². The topological polar surface area (TPSA) is 55.6 Å². The zero-order chi connectivity index (χ0) is 16.8. The summed E-state index contributed by atoms with van der Waals surface area (Å²) in [5, 5.41) is 0. The van der Waals surface area contributed by atoms with Crippen LogP contribution in [0.5, 0.6) is 0 Å². The van der Waals surface area contributed by atoms with Gasteiger partial charge in [-0.25, -0.2) is 0 Å². The lowest BCUT2D eigenvalue weighted by Crippen LogP contribution is -2.82. The van der Waals surface area contributed by atoms with Crippen LogP contribution < -0.4 is 5.73 Å². The van der Waals surface area contributed by atoms with E-state index in [2.05, 4.69) is 32.6 Å². The van der Waals surface area contributed by atoms with E-state index in [1.54, 1.807) is 0 Å². The van der Waals surface area contributed by atoms with Crippen LogP contribution in [-0.4, -0.2) is 42.1 Å². The summed E-state index contributed by atoms with van der Waals surface area (Å²) in [6.45, 7) is 11.4. The highest BCUT2D eigenvalue weighted by Crippen LogP contribution is 2.58. The van der Waals surface area contributed by atoms with Crippen molar-refractivity contribution >= 4 is 5.91 Å². The summed E-state index contributed by atoms with van der Waals surface area (Å²) in [7, 11) is 0. The predicted molar refractivity (Wildman–Crippen MR) is 91.9 cm³/mol. The van der Waals surface area contributed by atoms with Crippen LogP contribution in [0.3, 0.4) is 0 Å². The van der Waals surface area contributed by atoms with E-state index in [1.807, 2.05) is 0 Å². The first kappa shape index (κ1) is 17.2. The maximum atomic E-state index is 13.3. The molecular weight excluding hydrogens is 288 g/mol. The van der Waals surface area contributed by atoms with E-state index >= 15 is 0 Å². The van der Waals surface area contributed by atoms with Crippen molar-refractivity contribution in [3.8, 4) is 0 Å². The second-order valence-corrected chi connectivity index (χ2v) is 8.86. The quantitative estimate of drug-likeness (QED) is 0.850. The fraction of sp³-hybridized carbons (Fsp3) is 0.947. The van der Waals surface area contributed by atoms with E-state index < -0.39 is 5.54 Å². The molecule has 0 radical (unpaired) electrons. The number of ether oxygens (including phenoxy) is 1. The lowest BCUT2D eigenvalue weighted by Gasteiger charge is -2.65. The molecule has 132 valence electrons. The van der Waals surface area contributed by atoms with Crippen LogP contribution in [0.25, 0.3) is 0 Å². The van der Waals surface area contributed by atoms with Gasteiger partial charge in [-0.15, -0.1) is 0 Å². The van der Waals surface area contributed by atoms with E-state index in [0.717, 1.165) is 51.3 Å². The van der Waals surface area contributed by atoms with E-state index in [0.29, 0.717) is 5.92 Å². The Balaban J connectivity index is 1.74. The minimum atomic E-state index is -0.740. The standard InChI is InChI=1S/C19H34N2O2/c1-13(2)14-7-5-10-21(11-9-14)17(22)19(20)15-8-6-12-23-16(15)18(19,3)4/h13-16H,5-12,20H2,1-4H3. The van der Waals surface area contributed by atoms with Crippen molar-refractivity contribution in [3.63, 3.8) is 0 Å². The molecule has 0 bridgehead atoms. The number of nitrogens with two attached hydrogens (primary N) is 1. The SMILES string of the molecule is CC(C)C1CCCN(C(=O)C2(N)C3CCCOC3C2(C)C)CC1. The third kappa shape index (κ3) is 2.53. The summed E-state index contributed by atoms with van der Waals surface area (Å²) in [5.74, 6) is 1.82. The molecule has 1 amide bonds. The van der Waals surface area contributed by atoms with E-state index in [1.165, 1.54) is 6.42 Å². The van der Waals surface area contributed by atoms with Gasteiger partial charge in [0.1, 0.15) is 5.54 Å². The summed E-state index contributed by atoms with van der Waals surface area (Å²) < 4.78 is 5.95. The number of rotatable bonds is 2. The van der Waals surface area contributed by atoms with Crippen LogP contribution in [0.2, 0.25) is 0 Å². The van der Waals surface area contributed by atoms with Gasteiger partial charge >= 0.3 is 0 Å². The van der Waals surface area contributed by atoms with Gasteiger partial charge in [-0.2, -0.15) is 0 Å². The number of hydrogen-bond acceptors (Lipinski definition) is 3. The van der Waals surface area contributed by atoms with Crippen LogP contribution in [0, 0.1) is 23.2 Å². The first-order valence-electron chi connectivity index (χ1n) is 9.50. The fourth-order valence-corrected chi connectivity index (χ4v) is 5.26. The molecule has 0 aromatic heterocycles. The molecule has 4 atom stereocenters. The Morgan fingerprint density at radius 3 is 2.61 bits per heavy atom. The molecule has 23 heavy (non-hydrogen) atoms. The minimum Gasteiger partial charge on any atom is -0.377 e. The first-order chi connectivity index (χ1) is 10.8. The summed E-state index contributed by atoms with van der Waals surface area (Å²) in [4.78, 5) is 15.4. The number of fused-ring (bicyclic) bond motifs is 1. The average molecular weight is 322 g/mol. The van der Waals surface area contributed by atoms with Crippen molar-refractivity contribution < 1.29 is 9.53 Å². The van der Waals surface area contributed by atoms with Crippen LogP contribution in [-0.2, 0) is 9.53 Å². The van der Waals surface area contributed by atoms with Gasteiger partial charge in [-0.3, -0.25) is 4.79 Å². The van der Waals surface area contributed by atoms with Gasteiger partial charge in [0.15, 0.2) is 0 Å². The molecule has 0 spiro atoms. The van der Waals surface area contributed by atoms with Gasteiger partial charge in [-0.1, -0.05) is 27.7 Å². The lowest BCUT2D eigenvalue weighted by atomic mass is 9.46. The van der Waals surface area contributed by atoms with Gasteiger partial charge in [0.25, 0.3) is 0 Å². The van der Waals surface area contributed by atoms with Crippen molar-refractivity contribution in [3.05, 3.63) is 0 Å². The summed E-state index contributed by atoms with van der Waals surface area (Å²) >= 11 is 0. The molecule has 3 aliphatic rings. The maximum Gasteiger partial charge on any atom is 0.243 e. The van der Waals surface area contributed by atoms with E-state index in [9.17, 15) is 4.79 Å².